The first-order chi connectivity index (χ1) is 15.4. The van der Waals surface area contributed by atoms with Gasteiger partial charge in [0.25, 0.3) is 11.5 Å². The lowest BCUT2D eigenvalue weighted by molar-refractivity contribution is -0.122. The first kappa shape index (κ1) is 23.1. The number of nitrogens with zero attached hydrogens (tertiary/aromatic N) is 1. The molecule has 0 saturated carbocycles. The van der Waals surface area contributed by atoms with Crippen molar-refractivity contribution in [2.45, 2.75) is 26.3 Å². The van der Waals surface area contributed by atoms with Gasteiger partial charge in [0.15, 0.2) is 0 Å². The molecule has 3 aromatic rings. The monoisotopic (exact) mass is 453 g/mol. The van der Waals surface area contributed by atoms with Crippen molar-refractivity contribution in [1.82, 2.24) is 15.4 Å². The van der Waals surface area contributed by atoms with E-state index >= 15 is 0 Å². The van der Waals surface area contributed by atoms with Crippen LogP contribution in [0, 0.1) is 6.92 Å². The second-order valence-electron chi connectivity index (χ2n) is 7.20. The Balaban J connectivity index is 1.46. The van der Waals surface area contributed by atoms with Crippen LogP contribution in [0.4, 0.5) is 0 Å². The summed E-state index contributed by atoms with van der Waals surface area (Å²) in [6.45, 7) is 2.58. The minimum atomic E-state index is -0.668. The van der Waals surface area contributed by atoms with Gasteiger partial charge in [-0.1, -0.05) is 41.9 Å². The van der Waals surface area contributed by atoms with Gasteiger partial charge in [0.2, 0.25) is 5.91 Å². The molecule has 0 spiro atoms. The molecule has 1 heterocycles. The molecule has 0 fully saturated rings. The zero-order valence-corrected chi connectivity index (χ0v) is 18.4. The van der Waals surface area contributed by atoms with Crippen LogP contribution in [0.1, 0.15) is 34.3 Å². The molecule has 7 nitrogen and oxygen atoms in total. The number of rotatable bonds is 8. The van der Waals surface area contributed by atoms with Gasteiger partial charge in [-0.25, -0.2) is 0 Å². The van der Waals surface area contributed by atoms with E-state index in [1.165, 1.54) is 10.6 Å². The van der Waals surface area contributed by atoms with E-state index in [1.807, 2.05) is 37.3 Å². The zero-order chi connectivity index (χ0) is 22.9. The summed E-state index contributed by atoms with van der Waals surface area (Å²) in [4.78, 5) is 37.0. The van der Waals surface area contributed by atoms with Crippen molar-refractivity contribution in [1.29, 1.82) is 0 Å². The third kappa shape index (κ3) is 6.46. The SMILES string of the molecule is Cc1cc(Cl)ccc1OCCCC(=O)NNC(=O)c1cccn(Cc2ccccc2)c1=O. The van der Waals surface area contributed by atoms with Gasteiger partial charge >= 0.3 is 0 Å². The molecule has 1 aromatic heterocycles. The summed E-state index contributed by atoms with van der Waals surface area (Å²) in [6.07, 6.45) is 2.23. The van der Waals surface area contributed by atoms with Gasteiger partial charge in [0.1, 0.15) is 11.3 Å². The van der Waals surface area contributed by atoms with Crippen LogP contribution in [-0.4, -0.2) is 23.0 Å². The quantitative estimate of drug-likeness (QED) is 0.403. The smallest absolute Gasteiger partial charge is 0.275 e. The summed E-state index contributed by atoms with van der Waals surface area (Å²) in [5, 5.41) is 0.634. The Morgan fingerprint density at radius 3 is 2.56 bits per heavy atom. The average molecular weight is 454 g/mol. The molecule has 8 heteroatoms. The van der Waals surface area contributed by atoms with Crippen LogP contribution in [0.2, 0.25) is 5.02 Å². The number of hydrogen-bond donors (Lipinski definition) is 2. The van der Waals surface area contributed by atoms with Crippen LogP contribution in [0.15, 0.2) is 71.7 Å². The Morgan fingerprint density at radius 1 is 1.03 bits per heavy atom. The highest BCUT2D eigenvalue weighted by atomic mass is 35.5. The van der Waals surface area contributed by atoms with Crippen molar-refractivity contribution >= 4 is 23.4 Å². The Hall–Kier alpha value is -3.58. The highest BCUT2D eigenvalue weighted by molar-refractivity contribution is 6.30. The summed E-state index contributed by atoms with van der Waals surface area (Å²) in [5.74, 6) is -0.340. The van der Waals surface area contributed by atoms with Crippen LogP contribution >= 0.6 is 11.6 Å². The fraction of sp³-hybridized carbons (Fsp3) is 0.208. The number of hydrogen-bond acceptors (Lipinski definition) is 4. The maximum Gasteiger partial charge on any atom is 0.275 e. The van der Waals surface area contributed by atoms with E-state index in [-0.39, 0.29) is 17.9 Å². The Kier molecular flexibility index (Phi) is 8.05. The predicted octanol–water partition coefficient (Wildman–Crippen LogP) is 3.48. The van der Waals surface area contributed by atoms with Crippen molar-refractivity contribution in [2.75, 3.05) is 6.61 Å². The standard InChI is InChI=1S/C24H24ClN3O4/c1-17-15-19(25)11-12-21(17)32-14-6-10-22(29)26-27-23(30)20-9-5-13-28(24(20)31)16-18-7-3-2-4-8-18/h2-5,7-9,11-13,15H,6,10,14,16H2,1H3,(H,26,29)(H,27,30). The van der Waals surface area contributed by atoms with Crippen molar-refractivity contribution in [3.8, 4) is 5.75 Å². The predicted molar refractivity (Wildman–Crippen MR) is 123 cm³/mol. The number of aryl methyl sites for hydroxylation is 1. The number of hydrazine groups is 1. The van der Waals surface area contributed by atoms with E-state index in [0.717, 1.165) is 11.1 Å². The third-order valence-corrected chi connectivity index (χ3v) is 4.95. The molecular formula is C24H24ClN3O4. The van der Waals surface area contributed by atoms with Gasteiger partial charge in [-0.15, -0.1) is 0 Å². The van der Waals surface area contributed by atoms with Crippen LogP contribution in [0.25, 0.3) is 0 Å². The van der Waals surface area contributed by atoms with E-state index in [0.29, 0.717) is 30.3 Å². The van der Waals surface area contributed by atoms with Gasteiger partial charge in [-0.3, -0.25) is 25.2 Å². The minimum Gasteiger partial charge on any atom is -0.493 e. The van der Waals surface area contributed by atoms with Gasteiger partial charge < -0.3 is 9.30 Å². The lowest BCUT2D eigenvalue weighted by Crippen LogP contribution is -2.44. The number of amides is 2. The molecule has 0 saturated heterocycles. The van der Waals surface area contributed by atoms with Gasteiger partial charge in [0.05, 0.1) is 13.2 Å². The maximum absolute atomic E-state index is 12.6. The summed E-state index contributed by atoms with van der Waals surface area (Å²) in [7, 11) is 0. The number of benzene rings is 2. The van der Waals surface area contributed by atoms with Gasteiger partial charge in [-0.05, 0) is 54.8 Å². The molecule has 2 amide bonds. The first-order valence-electron chi connectivity index (χ1n) is 10.2. The highest BCUT2D eigenvalue weighted by Crippen LogP contribution is 2.21. The molecule has 0 unspecified atom stereocenters. The van der Waals surface area contributed by atoms with E-state index in [1.54, 1.807) is 30.5 Å². The highest BCUT2D eigenvalue weighted by Gasteiger charge is 2.13. The maximum atomic E-state index is 12.6. The molecule has 0 bridgehead atoms. The van der Waals surface area contributed by atoms with E-state index in [9.17, 15) is 14.4 Å². The summed E-state index contributed by atoms with van der Waals surface area (Å²) < 4.78 is 7.09. The zero-order valence-electron chi connectivity index (χ0n) is 17.6. The van der Waals surface area contributed by atoms with Crippen molar-refractivity contribution in [2.24, 2.45) is 0 Å². The molecule has 166 valence electrons. The van der Waals surface area contributed by atoms with E-state index in [2.05, 4.69) is 10.9 Å². The lowest BCUT2D eigenvalue weighted by Gasteiger charge is -2.11. The third-order valence-electron chi connectivity index (χ3n) is 4.72. The molecule has 0 aliphatic rings. The molecule has 0 aliphatic heterocycles. The molecule has 0 atom stereocenters. The molecule has 0 aliphatic carbocycles. The topological polar surface area (TPSA) is 89.4 Å². The fourth-order valence-corrected chi connectivity index (χ4v) is 3.29. The number of aromatic nitrogens is 1. The number of ether oxygens (including phenoxy) is 1. The Labute approximate surface area is 191 Å². The second kappa shape index (κ2) is 11.2. The van der Waals surface area contributed by atoms with E-state index < -0.39 is 11.5 Å². The van der Waals surface area contributed by atoms with Gasteiger partial charge in [-0.2, -0.15) is 0 Å². The van der Waals surface area contributed by atoms with Gasteiger partial charge in [0, 0.05) is 17.6 Å². The first-order valence-corrected chi connectivity index (χ1v) is 10.5. The van der Waals surface area contributed by atoms with Crippen LogP contribution in [0.5, 0.6) is 5.75 Å². The molecule has 32 heavy (non-hydrogen) atoms. The number of carbonyl (C=O) groups excluding carboxylic acids is 2. The number of nitrogens with one attached hydrogen (secondary N) is 2. The van der Waals surface area contributed by atoms with Crippen molar-refractivity contribution in [3.63, 3.8) is 0 Å². The van der Waals surface area contributed by atoms with Crippen LogP contribution < -0.4 is 21.1 Å². The lowest BCUT2D eigenvalue weighted by atomic mass is 10.2. The normalized spacial score (nSPS) is 10.4. The van der Waals surface area contributed by atoms with Crippen LogP contribution in [-0.2, 0) is 11.3 Å². The van der Waals surface area contributed by atoms with E-state index in [4.69, 9.17) is 16.3 Å². The molecule has 2 N–H and O–H groups in total. The number of pyridine rings is 1. The summed E-state index contributed by atoms with van der Waals surface area (Å²) in [5.41, 5.74) is 6.00. The summed E-state index contributed by atoms with van der Waals surface area (Å²) in [6, 6.07) is 17.8. The van der Waals surface area contributed by atoms with Crippen LogP contribution in [0.3, 0.4) is 0 Å². The molecule has 3 rings (SSSR count). The fourth-order valence-electron chi connectivity index (χ4n) is 3.06. The Morgan fingerprint density at radius 2 is 1.81 bits per heavy atom. The van der Waals surface area contributed by atoms with Crippen molar-refractivity contribution < 1.29 is 14.3 Å². The average Bonchev–Trinajstić information content (AvgIpc) is 2.78. The summed E-state index contributed by atoms with van der Waals surface area (Å²) >= 11 is 5.92. The minimum absolute atomic E-state index is 0.0507. The van der Waals surface area contributed by atoms with Crippen molar-refractivity contribution in [3.05, 3.63) is 98.9 Å². The number of carbonyl (C=O) groups is 2. The molecular weight excluding hydrogens is 430 g/mol. The molecule has 0 radical (unpaired) electrons. The Bertz CT molecular complexity index is 1150. The largest absolute Gasteiger partial charge is 0.493 e. The number of halogens is 1. The second-order valence-corrected chi connectivity index (χ2v) is 7.64. The molecule has 2 aromatic carbocycles.